The molecule has 0 aliphatic rings. The first-order valence-electron chi connectivity index (χ1n) is 13.5. The number of carbonyl (C=O) groups is 2. The van der Waals surface area contributed by atoms with Crippen LogP contribution in [0.5, 0.6) is 0 Å². The van der Waals surface area contributed by atoms with Gasteiger partial charge in [-0.25, -0.2) is 9.97 Å². The van der Waals surface area contributed by atoms with E-state index in [0.29, 0.717) is 11.0 Å². The summed E-state index contributed by atoms with van der Waals surface area (Å²) in [6.45, 7) is 8.45. The fraction of sp³-hybridized carbons (Fsp3) is 0.375. The van der Waals surface area contributed by atoms with Crippen molar-refractivity contribution in [2.24, 2.45) is 0 Å². The summed E-state index contributed by atoms with van der Waals surface area (Å²) in [6.07, 6.45) is 1.50. The molecule has 1 atom stereocenters. The largest absolute Gasteiger partial charge is 4.00 e. The van der Waals surface area contributed by atoms with Crippen LogP contribution in [-0.2, 0) is 21.7 Å². The van der Waals surface area contributed by atoms with Crippen molar-refractivity contribution >= 4 is 33.7 Å². The summed E-state index contributed by atoms with van der Waals surface area (Å²) in [5.41, 5.74) is 1.28. The van der Waals surface area contributed by atoms with E-state index in [9.17, 15) is 30.0 Å². The molecule has 0 amide bonds. The number of carboxylic acids is 2. The Balaban J connectivity index is 0. The van der Waals surface area contributed by atoms with Gasteiger partial charge in [-0.2, -0.15) is 0 Å². The second kappa shape index (κ2) is 24.2. The van der Waals surface area contributed by atoms with E-state index >= 15 is 0 Å². The molecule has 0 saturated heterocycles. The molecule has 0 aliphatic heterocycles. The van der Waals surface area contributed by atoms with Gasteiger partial charge in [0.1, 0.15) is 0 Å². The monoisotopic (exact) mass is 628 g/mol. The number of pyridine rings is 2. The third-order valence-electron chi connectivity index (χ3n) is 4.65. The number of aliphatic hydroxyl groups is 2. The smallest absolute Gasteiger partial charge is 0.852 e. The third kappa shape index (κ3) is 21.1. The van der Waals surface area contributed by atoms with Crippen LogP contribution in [0.25, 0.3) is 21.8 Å². The Bertz CT molecular complexity index is 1230. The summed E-state index contributed by atoms with van der Waals surface area (Å²) in [7, 11) is 0. The first-order valence-corrected chi connectivity index (χ1v) is 13.5. The van der Waals surface area contributed by atoms with Crippen molar-refractivity contribution in [3.05, 3.63) is 84.2 Å². The van der Waals surface area contributed by atoms with Gasteiger partial charge in [-0.1, -0.05) is 76.2 Å². The average Bonchev–Trinajstić information content (AvgIpc) is 2.92. The van der Waals surface area contributed by atoms with Gasteiger partial charge in [0.25, 0.3) is 0 Å². The molecular weight excluding hydrogens is 588 g/mol. The second-order valence-electron chi connectivity index (χ2n) is 9.52. The topological polar surface area (TPSA) is 193 Å². The van der Waals surface area contributed by atoms with Crippen LogP contribution in [0.3, 0.4) is 0 Å². The van der Waals surface area contributed by atoms with Crippen LogP contribution in [0.15, 0.2) is 72.8 Å². The molecule has 0 bridgehead atoms. The summed E-state index contributed by atoms with van der Waals surface area (Å²) in [5.74, 6) is -2.49. The molecular formula is C32H40N2O8Ti. The van der Waals surface area contributed by atoms with Crippen molar-refractivity contribution in [3.63, 3.8) is 0 Å². The van der Waals surface area contributed by atoms with Crippen molar-refractivity contribution in [2.75, 3.05) is 6.61 Å². The van der Waals surface area contributed by atoms with Crippen LogP contribution < -0.4 is 20.4 Å². The van der Waals surface area contributed by atoms with Gasteiger partial charge in [0.05, 0.1) is 40.5 Å². The quantitative estimate of drug-likeness (QED) is 0.232. The zero-order chi connectivity index (χ0) is 32.1. The summed E-state index contributed by atoms with van der Waals surface area (Å²) in [5, 5.41) is 58.8. The number of para-hydroxylation sites is 2. The van der Waals surface area contributed by atoms with Gasteiger partial charge in [-0.3, -0.25) is 0 Å². The van der Waals surface area contributed by atoms with Crippen LogP contribution in [0, 0.1) is 0 Å². The molecule has 43 heavy (non-hydrogen) atoms. The normalized spacial score (nSPS) is 10.4. The van der Waals surface area contributed by atoms with Gasteiger partial charge < -0.3 is 40.2 Å². The van der Waals surface area contributed by atoms with Gasteiger partial charge >= 0.3 is 21.7 Å². The minimum absolute atomic E-state index is 0. The standard InChI is InChI=1S/2C10H7NO2.C6H14O2.2C3H7O.Ti/c2*12-10(13)9-6-5-7-3-1-2-4-8(7)11-9;1-6(8)4-2-3-5-7;2*1-3(2)4;/h2*1-6H,(H,12,13);6-8H,2-5H2,1H3;2*3H,1-2H3;/q;;;2*-1;+4/p-2. The van der Waals surface area contributed by atoms with Crippen LogP contribution in [0.2, 0.25) is 0 Å². The molecule has 0 fully saturated rings. The van der Waals surface area contributed by atoms with E-state index in [0.717, 1.165) is 30.0 Å². The number of fused-ring (bicyclic) bond motifs is 2. The minimum Gasteiger partial charge on any atom is -0.852 e. The molecule has 2 aromatic carbocycles. The van der Waals surface area contributed by atoms with Gasteiger partial charge in [0.15, 0.2) is 0 Å². The van der Waals surface area contributed by atoms with Gasteiger partial charge in [0, 0.05) is 17.4 Å². The summed E-state index contributed by atoms with van der Waals surface area (Å²) in [6, 6.07) is 21.0. The Morgan fingerprint density at radius 2 is 1.02 bits per heavy atom. The number of carboxylic acid groups (broad SMARTS) is 2. The van der Waals surface area contributed by atoms with Crippen molar-refractivity contribution in [2.45, 2.75) is 72.2 Å². The number of hydrogen-bond donors (Lipinski definition) is 2. The zero-order valence-electron chi connectivity index (χ0n) is 25.2. The minimum atomic E-state index is -1.24. The van der Waals surface area contributed by atoms with Crippen molar-refractivity contribution in [1.82, 2.24) is 9.97 Å². The zero-order valence-corrected chi connectivity index (χ0v) is 26.8. The molecule has 0 spiro atoms. The maximum atomic E-state index is 10.5. The number of rotatable bonds is 6. The van der Waals surface area contributed by atoms with Crippen LogP contribution >= 0.6 is 0 Å². The fourth-order valence-corrected chi connectivity index (χ4v) is 2.91. The number of unbranched alkanes of at least 4 members (excludes halogenated alkanes) is 1. The van der Waals surface area contributed by atoms with E-state index < -0.39 is 24.1 Å². The Morgan fingerprint density at radius 1 is 0.674 bits per heavy atom. The molecule has 2 heterocycles. The summed E-state index contributed by atoms with van der Waals surface area (Å²) in [4.78, 5) is 28.8. The molecule has 1 unspecified atom stereocenters. The summed E-state index contributed by atoms with van der Waals surface area (Å²) >= 11 is 0. The SMILES string of the molecule is CC(C)[O-].CC(C)[O-].CC(O)CCCCO.O=C([O-])c1ccc2ccccc2n1.O=C([O-])c1ccc2ccccc2n1.[Ti+4]. The number of carbonyl (C=O) groups excluding carboxylic acids is 2. The fourth-order valence-electron chi connectivity index (χ4n) is 2.91. The molecule has 2 N–H and O–H groups in total. The molecule has 11 heteroatoms. The predicted molar refractivity (Wildman–Crippen MR) is 155 cm³/mol. The summed E-state index contributed by atoms with van der Waals surface area (Å²) < 4.78 is 0. The molecule has 0 aliphatic carbocycles. The van der Waals surface area contributed by atoms with Crippen molar-refractivity contribution < 1.29 is 61.9 Å². The maximum absolute atomic E-state index is 10.5. The van der Waals surface area contributed by atoms with Gasteiger partial charge in [0.2, 0.25) is 0 Å². The second-order valence-corrected chi connectivity index (χ2v) is 9.52. The molecule has 4 rings (SSSR count). The Hall–Kier alpha value is -3.25. The molecule has 4 aromatic rings. The Kier molecular flexibility index (Phi) is 23.6. The van der Waals surface area contributed by atoms with E-state index in [1.54, 1.807) is 58.9 Å². The first kappa shape index (κ1) is 41.9. The molecule has 2 aromatic heterocycles. The first-order chi connectivity index (χ1) is 19.8. The van der Waals surface area contributed by atoms with E-state index in [-0.39, 0.29) is 45.8 Å². The number of nitrogens with zero attached hydrogens (tertiary/aromatic N) is 2. The van der Waals surface area contributed by atoms with Crippen molar-refractivity contribution in [3.8, 4) is 0 Å². The molecule has 10 nitrogen and oxygen atoms in total. The Morgan fingerprint density at radius 3 is 1.33 bits per heavy atom. The van der Waals surface area contributed by atoms with Gasteiger partial charge in [-0.15, -0.1) is 12.2 Å². The average molecular weight is 629 g/mol. The van der Waals surface area contributed by atoms with E-state index in [4.69, 9.17) is 10.2 Å². The Labute approximate surface area is 268 Å². The molecule has 0 saturated carbocycles. The maximum Gasteiger partial charge on any atom is 4.00 e. The van der Waals surface area contributed by atoms with Crippen LogP contribution in [0.1, 0.15) is 74.9 Å². The van der Waals surface area contributed by atoms with Gasteiger partial charge in [-0.05, 0) is 50.5 Å². The van der Waals surface area contributed by atoms with E-state index in [1.807, 2.05) is 36.4 Å². The number of aromatic nitrogens is 2. The van der Waals surface area contributed by atoms with Crippen LogP contribution in [-0.4, -0.2) is 57.0 Å². The number of hydrogen-bond acceptors (Lipinski definition) is 10. The number of aliphatic hydroxyl groups excluding tert-OH is 2. The third-order valence-corrected chi connectivity index (χ3v) is 4.65. The molecule has 0 radical (unpaired) electrons. The van der Waals surface area contributed by atoms with Crippen LogP contribution in [0.4, 0.5) is 0 Å². The van der Waals surface area contributed by atoms with E-state index in [2.05, 4.69) is 9.97 Å². The number of aromatic carboxylic acids is 2. The van der Waals surface area contributed by atoms with E-state index in [1.165, 1.54) is 12.1 Å². The van der Waals surface area contributed by atoms with Crippen molar-refractivity contribution in [1.29, 1.82) is 0 Å². The predicted octanol–water partition coefficient (Wildman–Crippen LogP) is 1.23. The number of benzene rings is 2. The molecule has 230 valence electrons.